The maximum Gasteiger partial charge on any atom is 0.336 e. The first-order chi connectivity index (χ1) is 6.66. The molecule has 1 aromatic rings. The normalized spacial score (nSPS) is 11.6. The third-order valence-electron chi connectivity index (χ3n) is 2.07. The minimum absolute atomic E-state index is 0. The maximum absolute atomic E-state index is 10.8. The smallest absolute Gasteiger partial charge is 0.336 e. The van der Waals surface area contributed by atoms with E-state index in [1.807, 2.05) is 0 Å². The van der Waals surface area contributed by atoms with Gasteiger partial charge in [0.05, 0.1) is 5.56 Å². The lowest BCUT2D eigenvalue weighted by molar-refractivity contribution is 0.0695. The fourth-order valence-electron chi connectivity index (χ4n) is 1.35. The Hall–Kier alpha value is -1.10. The summed E-state index contributed by atoms with van der Waals surface area (Å²) in [6.45, 7) is 0.453. The zero-order valence-electron chi connectivity index (χ0n) is 8.22. The van der Waals surface area contributed by atoms with Crippen molar-refractivity contribution in [2.45, 2.75) is 12.5 Å². The summed E-state index contributed by atoms with van der Waals surface area (Å²) in [6.07, 6.45) is 0.588. The van der Waals surface area contributed by atoms with Crippen LogP contribution >= 0.6 is 12.4 Å². The second-order valence-electron chi connectivity index (χ2n) is 3.08. The minimum Gasteiger partial charge on any atom is -0.478 e. The van der Waals surface area contributed by atoms with Crippen LogP contribution in [0.3, 0.4) is 0 Å². The summed E-state index contributed by atoms with van der Waals surface area (Å²) in [6, 6.07) is 6.44. The largest absolute Gasteiger partial charge is 0.478 e. The summed E-state index contributed by atoms with van der Waals surface area (Å²) in [5.74, 6) is -0.951. The van der Waals surface area contributed by atoms with Crippen LogP contribution in [0.5, 0.6) is 0 Å². The van der Waals surface area contributed by atoms with E-state index in [1.54, 1.807) is 24.3 Å². The van der Waals surface area contributed by atoms with Gasteiger partial charge in [-0.3, -0.25) is 0 Å². The molecule has 1 atom stereocenters. The Morgan fingerprint density at radius 3 is 2.53 bits per heavy atom. The van der Waals surface area contributed by atoms with E-state index < -0.39 is 5.97 Å². The van der Waals surface area contributed by atoms with Crippen LogP contribution in [0.1, 0.15) is 28.4 Å². The van der Waals surface area contributed by atoms with Gasteiger partial charge in [-0.15, -0.1) is 12.4 Å². The number of benzene rings is 1. The Morgan fingerprint density at radius 1 is 1.40 bits per heavy atom. The maximum atomic E-state index is 10.8. The number of carboxylic acids is 1. The third kappa shape index (κ3) is 3.51. The zero-order valence-corrected chi connectivity index (χ0v) is 9.04. The predicted molar refractivity (Wildman–Crippen MR) is 61.2 cm³/mol. The standard InChI is InChI=1S/C10H14N2O2.ClH/c11-6-5-9(12)7-3-1-2-4-8(7)10(13)14;/h1-4,9H,5-6,11-12H2,(H,13,14);1H/t9-;/m0./s1. The van der Waals surface area contributed by atoms with Gasteiger partial charge in [-0.1, -0.05) is 18.2 Å². The number of hydrogen-bond donors (Lipinski definition) is 3. The molecular weight excluding hydrogens is 216 g/mol. The van der Waals surface area contributed by atoms with E-state index in [0.29, 0.717) is 18.5 Å². The van der Waals surface area contributed by atoms with Crippen molar-refractivity contribution < 1.29 is 9.90 Å². The summed E-state index contributed by atoms with van der Waals surface area (Å²) in [7, 11) is 0. The van der Waals surface area contributed by atoms with Crippen LogP contribution < -0.4 is 11.5 Å². The number of nitrogens with two attached hydrogens (primary N) is 2. The first-order valence-electron chi connectivity index (χ1n) is 4.44. The van der Waals surface area contributed by atoms with E-state index >= 15 is 0 Å². The second-order valence-corrected chi connectivity index (χ2v) is 3.08. The van der Waals surface area contributed by atoms with Crippen LogP contribution in [0.4, 0.5) is 0 Å². The van der Waals surface area contributed by atoms with Crippen molar-refractivity contribution >= 4 is 18.4 Å². The number of halogens is 1. The molecule has 15 heavy (non-hydrogen) atoms. The summed E-state index contributed by atoms with van der Waals surface area (Å²) in [4.78, 5) is 10.8. The molecule has 0 saturated carbocycles. The van der Waals surface area contributed by atoms with Crippen LogP contribution in [-0.2, 0) is 0 Å². The number of rotatable bonds is 4. The SMILES string of the molecule is Cl.NCC[C@H](N)c1ccccc1C(=O)O. The monoisotopic (exact) mass is 230 g/mol. The van der Waals surface area contributed by atoms with E-state index in [4.69, 9.17) is 16.6 Å². The summed E-state index contributed by atoms with van der Waals surface area (Å²) < 4.78 is 0. The van der Waals surface area contributed by atoms with Gasteiger partial charge in [0.1, 0.15) is 0 Å². The van der Waals surface area contributed by atoms with Gasteiger partial charge >= 0.3 is 5.97 Å². The lowest BCUT2D eigenvalue weighted by Gasteiger charge is -2.12. The Labute approximate surface area is 94.7 Å². The molecule has 0 heterocycles. The molecule has 5 heteroatoms. The van der Waals surface area contributed by atoms with Crippen LogP contribution in [0.15, 0.2) is 24.3 Å². The summed E-state index contributed by atoms with van der Waals surface area (Å²) >= 11 is 0. The number of carboxylic acid groups (broad SMARTS) is 1. The molecular formula is C10H15ClN2O2. The molecule has 0 aromatic heterocycles. The lowest BCUT2D eigenvalue weighted by Crippen LogP contribution is -2.18. The zero-order chi connectivity index (χ0) is 10.6. The van der Waals surface area contributed by atoms with Gasteiger partial charge in [0.2, 0.25) is 0 Å². The van der Waals surface area contributed by atoms with Crippen molar-refractivity contribution in [3.8, 4) is 0 Å². The van der Waals surface area contributed by atoms with E-state index in [0.717, 1.165) is 0 Å². The molecule has 0 bridgehead atoms. The molecule has 0 radical (unpaired) electrons. The topological polar surface area (TPSA) is 89.3 Å². The summed E-state index contributed by atoms with van der Waals surface area (Å²) in [5, 5.41) is 8.90. The van der Waals surface area contributed by atoms with E-state index in [2.05, 4.69) is 0 Å². The van der Waals surface area contributed by atoms with Gasteiger partial charge in [0, 0.05) is 6.04 Å². The van der Waals surface area contributed by atoms with Crippen LogP contribution in [0, 0.1) is 0 Å². The quantitative estimate of drug-likeness (QED) is 0.724. The number of aromatic carboxylic acids is 1. The number of carbonyl (C=O) groups is 1. The minimum atomic E-state index is -0.951. The van der Waals surface area contributed by atoms with Crippen molar-refractivity contribution in [1.29, 1.82) is 0 Å². The summed E-state index contributed by atoms with van der Waals surface area (Å²) in [5.41, 5.74) is 12.1. The molecule has 0 aliphatic carbocycles. The van der Waals surface area contributed by atoms with Gasteiger partial charge in [-0.25, -0.2) is 4.79 Å². The fraction of sp³-hybridized carbons (Fsp3) is 0.300. The molecule has 4 nitrogen and oxygen atoms in total. The Kier molecular flexibility index (Phi) is 5.93. The molecule has 0 unspecified atom stereocenters. The van der Waals surface area contributed by atoms with Crippen LogP contribution in [0.2, 0.25) is 0 Å². The van der Waals surface area contributed by atoms with Crippen LogP contribution in [0.25, 0.3) is 0 Å². The highest BCUT2D eigenvalue weighted by atomic mass is 35.5. The first kappa shape index (κ1) is 13.9. The molecule has 0 aliphatic rings. The average Bonchev–Trinajstić information content (AvgIpc) is 2.18. The van der Waals surface area contributed by atoms with Crippen LogP contribution in [-0.4, -0.2) is 17.6 Å². The Bertz CT molecular complexity index is 331. The molecule has 0 saturated heterocycles. The third-order valence-corrected chi connectivity index (χ3v) is 2.07. The van der Waals surface area contributed by atoms with Gasteiger partial charge in [0.15, 0.2) is 0 Å². The second kappa shape index (κ2) is 6.40. The average molecular weight is 231 g/mol. The van der Waals surface area contributed by atoms with E-state index in [9.17, 15) is 4.79 Å². The lowest BCUT2D eigenvalue weighted by atomic mass is 9.99. The van der Waals surface area contributed by atoms with Gasteiger partial charge < -0.3 is 16.6 Å². The number of hydrogen-bond acceptors (Lipinski definition) is 3. The van der Waals surface area contributed by atoms with Crippen molar-refractivity contribution in [3.05, 3.63) is 35.4 Å². The predicted octanol–water partition coefficient (Wildman–Crippen LogP) is 1.16. The highest BCUT2D eigenvalue weighted by Gasteiger charge is 2.13. The molecule has 0 aliphatic heterocycles. The molecule has 84 valence electrons. The molecule has 1 aromatic carbocycles. The highest BCUT2D eigenvalue weighted by molar-refractivity contribution is 5.89. The molecule has 0 spiro atoms. The highest BCUT2D eigenvalue weighted by Crippen LogP contribution is 2.18. The van der Waals surface area contributed by atoms with Crippen molar-refractivity contribution in [3.63, 3.8) is 0 Å². The fourth-order valence-corrected chi connectivity index (χ4v) is 1.35. The Morgan fingerprint density at radius 2 is 2.00 bits per heavy atom. The van der Waals surface area contributed by atoms with Gasteiger partial charge in [-0.2, -0.15) is 0 Å². The first-order valence-corrected chi connectivity index (χ1v) is 4.44. The Balaban J connectivity index is 0.00000196. The molecule has 0 fully saturated rings. The van der Waals surface area contributed by atoms with Crippen molar-refractivity contribution in [2.75, 3.05) is 6.54 Å². The van der Waals surface area contributed by atoms with E-state index in [1.165, 1.54) is 0 Å². The van der Waals surface area contributed by atoms with Gasteiger partial charge in [-0.05, 0) is 24.6 Å². The van der Waals surface area contributed by atoms with E-state index in [-0.39, 0.29) is 24.0 Å². The molecule has 1 rings (SSSR count). The molecule has 0 amide bonds. The van der Waals surface area contributed by atoms with Crippen molar-refractivity contribution in [1.82, 2.24) is 0 Å². The van der Waals surface area contributed by atoms with Gasteiger partial charge in [0.25, 0.3) is 0 Å². The molecule has 5 N–H and O–H groups in total. The van der Waals surface area contributed by atoms with Crippen molar-refractivity contribution in [2.24, 2.45) is 11.5 Å².